The molecule has 0 aliphatic carbocycles. The molecule has 1 heterocycles. The molecule has 18 heavy (non-hydrogen) atoms. The average molecular weight is 312 g/mol. The van der Waals surface area contributed by atoms with Crippen molar-refractivity contribution in [3.8, 4) is 22.8 Å². The van der Waals surface area contributed by atoms with Crippen molar-refractivity contribution in [2.45, 2.75) is 6.54 Å². The normalized spacial score (nSPS) is 10.4. The van der Waals surface area contributed by atoms with Crippen LogP contribution in [-0.4, -0.2) is 24.2 Å². The third kappa shape index (κ3) is 2.34. The number of imidazole rings is 1. The van der Waals surface area contributed by atoms with Gasteiger partial charge in [0.15, 0.2) is 16.2 Å². The number of H-pyrrole nitrogens is 1. The molecule has 0 unspecified atom stereocenters. The molecule has 1 aromatic heterocycles. The van der Waals surface area contributed by atoms with Crippen LogP contribution in [0.4, 0.5) is 0 Å². The Bertz CT molecular complexity index is 554. The Balaban J connectivity index is 2.50. The van der Waals surface area contributed by atoms with Crippen LogP contribution >= 0.6 is 15.9 Å². The molecule has 0 bridgehead atoms. The van der Waals surface area contributed by atoms with Gasteiger partial charge in [-0.25, -0.2) is 4.98 Å². The van der Waals surface area contributed by atoms with E-state index in [0.29, 0.717) is 22.8 Å². The molecular formula is C12H14BrN3O2. The Morgan fingerprint density at radius 3 is 2.61 bits per heavy atom. The van der Waals surface area contributed by atoms with E-state index in [0.717, 1.165) is 17.0 Å². The lowest BCUT2D eigenvalue weighted by Crippen LogP contribution is -1.99. The molecule has 0 aliphatic rings. The highest BCUT2D eigenvalue weighted by atomic mass is 79.9. The molecule has 0 fully saturated rings. The van der Waals surface area contributed by atoms with E-state index in [1.807, 2.05) is 18.2 Å². The molecule has 0 aliphatic heterocycles. The molecule has 6 heteroatoms. The molecule has 3 N–H and O–H groups in total. The van der Waals surface area contributed by atoms with E-state index in [9.17, 15) is 0 Å². The average Bonchev–Trinajstić information content (AvgIpc) is 2.79. The van der Waals surface area contributed by atoms with E-state index in [1.165, 1.54) is 0 Å². The number of methoxy groups -OCH3 is 2. The summed E-state index contributed by atoms with van der Waals surface area (Å²) in [6, 6.07) is 5.64. The third-order valence-corrected chi connectivity index (χ3v) is 2.99. The summed E-state index contributed by atoms with van der Waals surface area (Å²) in [6.07, 6.45) is 0. The van der Waals surface area contributed by atoms with Gasteiger partial charge < -0.3 is 20.2 Å². The Kier molecular flexibility index (Phi) is 3.88. The van der Waals surface area contributed by atoms with Crippen LogP contribution in [0.5, 0.6) is 11.5 Å². The zero-order valence-corrected chi connectivity index (χ0v) is 11.7. The Labute approximate surface area is 113 Å². The van der Waals surface area contributed by atoms with Gasteiger partial charge in [0.2, 0.25) is 0 Å². The Morgan fingerprint density at radius 2 is 2.00 bits per heavy atom. The number of halogens is 1. The number of rotatable bonds is 4. The largest absolute Gasteiger partial charge is 0.493 e. The zero-order chi connectivity index (χ0) is 13.1. The van der Waals surface area contributed by atoms with Gasteiger partial charge in [0, 0.05) is 12.1 Å². The molecule has 2 aromatic rings. The molecule has 0 radical (unpaired) electrons. The standard InChI is InChI=1S/C12H14BrN3O2/c1-17-9-4-3-7(5-10(9)18-2)11-8(6-14)15-12(13)16-11/h3-5H,6,14H2,1-2H3,(H,15,16). The van der Waals surface area contributed by atoms with Gasteiger partial charge in [0.1, 0.15) is 0 Å². The van der Waals surface area contributed by atoms with Gasteiger partial charge >= 0.3 is 0 Å². The first kappa shape index (κ1) is 12.9. The van der Waals surface area contributed by atoms with Gasteiger partial charge in [-0.3, -0.25) is 0 Å². The molecule has 96 valence electrons. The van der Waals surface area contributed by atoms with Crippen molar-refractivity contribution >= 4 is 15.9 Å². The van der Waals surface area contributed by atoms with Crippen molar-refractivity contribution < 1.29 is 9.47 Å². The maximum atomic E-state index is 5.68. The van der Waals surface area contributed by atoms with Crippen LogP contribution in [0.2, 0.25) is 0 Å². The lowest BCUT2D eigenvalue weighted by Gasteiger charge is -2.09. The van der Waals surface area contributed by atoms with Crippen LogP contribution in [0.3, 0.4) is 0 Å². The first-order valence-electron chi connectivity index (χ1n) is 5.36. The Hall–Kier alpha value is -1.53. The highest BCUT2D eigenvalue weighted by Crippen LogP contribution is 2.33. The van der Waals surface area contributed by atoms with E-state index >= 15 is 0 Å². The van der Waals surface area contributed by atoms with Crippen LogP contribution in [0, 0.1) is 0 Å². The lowest BCUT2D eigenvalue weighted by molar-refractivity contribution is 0.355. The molecule has 0 atom stereocenters. The summed E-state index contributed by atoms with van der Waals surface area (Å²) in [5.74, 6) is 1.35. The molecule has 2 rings (SSSR count). The predicted octanol–water partition coefficient (Wildman–Crippen LogP) is 2.32. The summed E-state index contributed by atoms with van der Waals surface area (Å²) in [5.41, 5.74) is 8.29. The molecule has 5 nitrogen and oxygen atoms in total. The minimum atomic E-state index is 0.391. The van der Waals surface area contributed by atoms with Gasteiger partial charge in [0.05, 0.1) is 25.6 Å². The van der Waals surface area contributed by atoms with Crippen molar-refractivity contribution in [3.05, 3.63) is 28.6 Å². The van der Waals surface area contributed by atoms with Crippen molar-refractivity contribution in [1.82, 2.24) is 9.97 Å². The fraction of sp³-hybridized carbons (Fsp3) is 0.250. The van der Waals surface area contributed by atoms with E-state index < -0.39 is 0 Å². The molecule has 0 spiro atoms. The predicted molar refractivity (Wildman–Crippen MR) is 72.7 cm³/mol. The molecule has 0 amide bonds. The molecule has 0 saturated heterocycles. The topological polar surface area (TPSA) is 73.2 Å². The number of benzene rings is 1. The highest BCUT2D eigenvalue weighted by molar-refractivity contribution is 9.10. The van der Waals surface area contributed by atoms with Crippen molar-refractivity contribution in [1.29, 1.82) is 0 Å². The van der Waals surface area contributed by atoms with Crippen LogP contribution in [0.15, 0.2) is 22.9 Å². The first-order valence-corrected chi connectivity index (χ1v) is 6.15. The second-order valence-electron chi connectivity index (χ2n) is 3.63. The number of hydrogen-bond donors (Lipinski definition) is 2. The number of ether oxygens (including phenoxy) is 2. The minimum absolute atomic E-state index is 0.391. The molecule has 1 aromatic carbocycles. The van der Waals surface area contributed by atoms with Crippen LogP contribution in [-0.2, 0) is 6.54 Å². The second-order valence-corrected chi connectivity index (χ2v) is 4.38. The monoisotopic (exact) mass is 311 g/mol. The van der Waals surface area contributed by atoms with Crippen LogP contribution in [0.25, 0.3) is 11.3 Å². The van der Waals surface area contributed by atoms with E-state index in [4.69, 9.17) is 15.2 Å². The number of nitrogens with two attached hydrogens (primary N) is 1. The number of hydrogen-bond acceptors (Lipinski definition) is 4. The van der Waals surface area contributed by atoms with Crippen LogP contribution in [0.1, 0.15) is 5.69 Å². The fourth-order valence-corrected chi connectivity index (χ4v) is 2.16. The van der Waals surface area contributed by atoms with Gasteiger partial charge in [-0.05, 0) is 34.1 Å². The summed E-state index contributed by atoms with van der Waals surface area (Å²) in [7, 11) is 3.21. The highest BCUT2D eigenvalue weighted by Gasteiger charge is 2.12. The molecular weight excluding hydrogens is 298 g/mol. The van der Waals surface area contributed by atoms with Gasteiger partial charge in [-0.2, -0.15) is 0 Å². The Morgan fingerprint density at radius 1 is 1.28 bits per heavy atom. The van der Waals surface area contributed by atoms with Crippen LogP contribution < -0.4 is 15.2 Å². The summed E-state index contributed by atoms with van der Waals surface area (Å²) in [5, 5.41) is 0. The number of nitrogens with zero attached hydrogens (tertiary/aromatic N) is 1. The quantitative estimate of drug-likeness (QED) is 0.908. The molecule has 0 saturated carbocycles. The fourth-order valence-electron chi connectivity index (χ4n) is 1.75. The third-order valence-electron chi connectivity index (χ3n) is 2.61. The number of aromatic nitrogens is 2. The van der Waals surface area contributed by atoms with E-state index in [2.05, 4.69) is 25.9 Å². The van der Waals surface area contributed by atoms with Gasteiger partial charge in [-0.15, -0.1) is 0 Å². The first-order chi connectivity index (χ1) is 8.69. The van der Waals surface area contributed by atoms with Gasteiger partial charge in [0.25, 0.3) is 0 Å². The number of aromatic amines is 1. The van der Waals surface area contributed by atoms with E-state index in [-0.39, 0.29) is 0 Å². The summed E-state index contributed by atoms with van der Waals surface area (Å²) < 4.78 is 11.1. The van der Waals surface area contributed by atoms with Gasteiger partial charge in [-0.1, -0.05) is 0 Å². The maximum Gasteiger partial charge on any atom is 0.175 e. The second kappa shape index (κ2) is 5.41. The number of nitrogens with one attached hydrogen (secondary N) is 1. The van der Waals surface area contributed by atoms with Crippen molar-refractivity contribution in [3.63, 3.8) is 0 Å². The smallest absolute Gasteiger partial charge is 0.175 e. The SMILES string of the molecule is COc1ccc(-c2nc(Br)[nH]c2CN)cc1OC. The maximum absolute atomic E-state index is 5.68. The van der Waals surface area contributed by atoms with Crippen molar-refractivity contribution in [2.75, 3.05) is 14.2 Å². The summed E-state index contributed by atoms with van der Waals surface area (Å²) in [6.45, 7) is 0.391. The van der Waals surface area contributed by atoms with E-state index in [1.54, 1.807) is 14.2 Å². The lowest BCUT2D eigenvalue weighted by atomic mass is 10.1. The zero-order valence-electron chi connectivity index (χ0n) is 10.2. The summed E-state index contributed by atoms with van der Waals surface area (Å²) >= 11 is 3.31. The van der Waals surface area contributed by atoms with Crippen molar-refractivity contribution in [2.24, 2.45) is 5.73 Å². The summed E-state index contributed by atoms with van der Waals surface area (Å²) in [4.78, 5) is 7.43. The minimum Gasteiger partial charge on any atom is -0.493 e.